The Morgan fingerprint density at radius 2 is 2.19 bits per heavy atom. The third-order valence-electron chi connectivity index (χ3n) is 2.66. The molecule has 88 valence electrons. The molecule has 1 fully saturated rings. The number of aromatic nitrogens is 2. The predicted molar refractivity (Wildman–Crippen MR) is 60.6 cm³/mol. The third kappa shape index (κ3) is 2.50. The minimum absolute atomic E-state index is 0.158. The van der Waals surface area contributed by atoms with Gasteiger partial charge in [0, 0.05) is 23.6 Å². The Balaban J connectivity index is 2.00. The van der Waals surface area contributed by atoms with Gasteiger partial charge in [0.1, 0.15) is 5.82 Å². The lowest BCUT2D eigenvalue weighted by Crippen LogP contribution is -2.44. The van der Waals surface area contributed by atoms with E-state index in [1.807, 2.05) is 19.9 Å². The molecule has 0 atom stereocenters. The maximum atomic E-state index is 5.71. The minimum Gasteiger partial charge on any atom is -0.477 e. The largest absolute Gasteiger partial charge is 0.477 e. The monoisotopic (exact) mass is 222 g/mol. The Labute approximate surface area is 96.0 Å². The van der Waals surface area contributed by atoms with Crippen LogP contribution in [-0.4, -0.2) is 29.8 Å². The zero-order chi connectivity index (χ0) is 11.6. The average molecular weight is 222 g/mol. The summed E-state index contributed by atoms with van der Waals surface area (Å²) in [6.45, 7) is 8.37. The van der Waals surface area contributed by atoms with Crippen LogP contribution in [0.2, 0.25) is 0 Å². The van der Waals surface area contributed by atoms with Crippen LogP contribution in [0.4, 0.5) is 0 Å². The third-order valence-corrected chi connectivity index (χ3v) is 2.66. The van der Waals surface area contributed by atoms with Gasteiger partial charge in [-0.3, -0.25) is 0 Å². The van der Waals surface area contributed by atoms with Crippen LogP contribution in [0.5, 0.6) is 5.88 Å². The Hall–Kier alpha value is -1.16. The summed E-state index contributed by atoms with van der Waals surface area (Å²) in [5.41, 5.74) is 1.11. The summed E-state index contributed by atoms with van der Waals surface area (Å²) in [5, 5.41) is 0. The minimum atomic E-state index is 0.158. The highest BCUT2D eigenvalue weighted by molar-refractivity contribution is 5.15. The quantitative estimate of drug-likeness (QED) is 0.778. The molecule has 0 radical (unpaired) electrons. The van der Waals surface area contributed by atoms with Crippen molar-refractivity contribution in [1.82, 2.24) is 9.97 Å². The number of aryl methyl sites for hydroxylation is 2. The Morgan fingerprint density at radius 1 is 1.44 bits per heavy atom. The molecule has 1 aromatic rings. The van der Waals surface area contributed by atoms with E-state index in [1.54, 1.807) is 0 Å². The smallest absolute Gasteiger partial charge is 0.216 e. The summed E-state index contributed by atoms with van der Waals surface area (Å²) in [5.74, 6) is 1.52. The predicted octanol–water partition coefficient (Wildman–Crippen LogP) is 1.76. The maximum Gasteiger partial charge on any atom is 0.216 e. The summed E-state index contributed by atoms with van der Waals surface area (Å²) in [7, 11) is 0. The molecule has 4 heteroatoms. The molecule has 0 bridgehead atoms. The van der Waals surface area contributed by atoms with Crippen LogP contribution >= 0.6 is 0 Å². The second-order valence-electron chi connectivity index (χ2n) is 4.71. The highest BCUT2D eigenvalue weighted by Gasteiger charge is 2.34. The van der Waals surface area contributed by atoms with Gasteiger partial charge in [0.2, 0.25) is 5.88 Å². The number of rotatable bonds is 4. The molecule has 0 N–H and O–H groups in total. The number of hydrogen-bond acceptors (Lipinski definition) is 4. The van der Waals surface area contributed by atoms with Crippen molar-refractivity contribution in [3.63, 3.8) is 0 Å². The summed E-state index contributed by atoms with van der Waals surface area (Å²) < 4.78 is 10.9. The van der Waals surface area contributed by atoms with Crippen LogP contribution in [-0.2, 0) is 11.2 Å². The lowest BCUT2D eigenvalue weighted by Gasteiger charge is -2.37. The van der Waals surface area contributed by atoms with Crippen LogP contribution in [0.15, 0.2) is 6.07 Å². The average Bonchev–Trinajstić information content (AvgIpc) is 2.23. The number of ether oxygens (including phenoxy) is 2. The van der Waals surface area contributed by atoms with Crippen LogP contribution in [0.1, 0.15) is 25.4 Å². The van der Waals surface area contributed by atoms with E-state index in [9.17, 15) is 0 Å². The molecule has 16 heavy (non-hydrogen) atoms. The van der Waals surface area contributed by atoms with Gasteiger partial charge in [0.05, 0.1) is 19.8 Å². The van der Waals surface area contributed by atoms with Crippen molar-refractivity contribution in [2.45, 2.75) is 27.2 Å². The molecule has 0 aromatic carbocycles. The summed E-state index contributed by atoms with van der Waals surface area (Å²) in [4.78, 5) is 8.65. The Bertz CT molecular complexity index is 375. The highest BCUT2D eigenvalue weighted by Crippen LogP contribution is 2.27. The van der Waals surface area contributed by atoms with E-state index in [0.717, 1.165) is 31.2 Å². The molecular weight excluding hydrogens is 204 g/mol. The lowest BCUT2D eigenvalue weighted by atomic mass is 9.90. The zero-order valence-corrected chi connectivity index (χ0v) is 10.1. The molecule has 1 saturated heterocycles. The first-order valence-electron chi connectivity index (χ1n) is 5.66. The molecule has 1 aromatic heterocycles. The molecule has 0 saturated carbocycles. The topological polar surface area (TPSA) is 44.2 Å². The van der Waals surface area contributed by atoms with Crippen molar-refractivity contribution in [1.29, 1.82) is 0 Å². The molecular formula is C12H18N2O2. The highest BCUT2D eigenvalue weighted by atomic mass is 16.5. The van der Waals surface area contributed by atoms with Crippen molar-refractivity contribution in [3.8, 4) is 5.88 Å². The van der Waals surface area contributed by atoms with Crippen LogP contribution in [0.3, 0.4) is 0 Å². The standard InChI is InChI=1S/C12H18N2O2/c1-4-10-13-9(2)5-11(14-10)16-8-12(3)6-15-7-12/h5H,4,6-8H2,1-3H3. The van der Waals surface area contributed by atoms with Crippen molar-refractivity contribution in [2.75, 3.05) is 19.8 Å². The Kier molecular flexibility index (Phi) is 3.10. The first-order chi connectivity index (χ1) is 7.61. The molecule has 0 spiro atoms. The molecule has 2 rings (SSSR count). The summed E-state index contributed by atoms with van der Waals surface area (Å²) in [6, 6.07) is 1.88. The first-order valence-corrected chi connectivity index (χ1v) is 5.66. The van der Waals surface area contributed by atoms with Crippen LogP contribution in [0, 0.1) is 12.3 Å². The van der Waals surface area contributed by atoms with Crippen molar-refractivity contribution >= 4 is 0 Å². The fourth-order valence-corrected chi connectivity index (χ4v) is 1.61. The summed E-state index contributed by atoms with van der Waals surface area (Å²) in [6.07, 6.45) is 0.832. The van der Waals surface area contributed by atoms with Gasteiger partial charge in [-0.1, -0.05) is 13.8 Å². The zero-order valence-electron chi connectivity index (χ0n) is 10.1. The Morgan fingerprint density at radius 3 is 2.75 bits per heavy atom. The SMILES string of the molecule is CCc1nc(C)cc(OCC2(C)COC2)n1. The van der Waals surface area contributed by atoms with Gasteiger partial charge in [0.25, 0.3) is 0 Å². The van der Waals surface area contributed by atoms with Gasteiger partial charge in [-0.15, -0.1) is 0 Å². The van der Waals surface area contributed by atoms with Gasteiger partial charge in [-0.25, -0.2) is 4.98 Å². The number of nitrogens with zero attached hydrogens (tertiary/aromatic N) is 2. The van der Waals surface area contributed by atoms with Crippen molar-refractivity contribution in [3.05, 3.63) is 17.6 Å². The molecule has 0 aliphatic carbocycles. The van der Waals surface area contributed by atoms with Gasteiger partial charge in [-0.05, 0) is 6.92 Å². The van der Waals surface area contributed by atoms with Gasteiger partial charge >= 0.3 is 0 Å². The van der Waals surface area contributed by atoms with E-state index in [4.69, 9.17) is 9.47 Å². The molecule has 1 aliphatic rings. The van der Waals surface area contributed by atoms with E-state index in [1.165, 1.54) is 0 Å². The van der Waals surface area contributed by atoms with Crippen molar-refractivity contribution < 1.29 is 9.47 Å². The second-order valence-corrected chi connectivity index (χ2v) is 4.71. The molecule has 1 aliphatic heterocycles. The molecule has 2 heterocycles. The lowest BCUT2D eigenvalue weighted by molar-refractivity contribution is -0.120. The first kappa shape index (κ1) is 11.3. The van der Waals surface area contributed by atoms with E-state index < -0.39 is 0 Å². The van der Waals surface area contributed by atoms with Gasteiger partial charge in [-0.2, -0.15) is 4.98 Å². The van der Waals surface area contributed by atoms with Crippen LogP contribution < -0.4 is 4.74 Å². The fraction of sp³-hybridized carbons (Fsp3) is 0.667. The van der Waals surface area contributed by atoms with Crippen LogP contribution in [0.25, 0.3) is 0 Å². The summed E-state index contributed by atoms with van der Waals surface area (Å²) >= 11 is 0. The van der Waals surface area contributed by atoms with E-state index in [-0.39, 0.29) is 5.41 Å². The molecule has 4 nitrogen and oxygen atoms in total. The van der Waals surface area contributed by atoms with E-state index >= 15 is 0 Å². The molecule has 0 amide bonds. The second kappa shape index (κ2) is 4.37. The van der Waals surface area contributed by atoms with E-state index in [0.29, 0.717) is 12.5 Å². The normalized spacial score (nSPS) is 17.9. The molecule has 0 unspecified atom stereocenters. The van der Waals surface area contributed by atoms with Crippen molar-refractivity contribution in [2.24, 2.45) is 5.41 Å². The number of hydrogen-bond donors (Lipinski definition) is 0. The van der Waals surface area contributed by atoms with Gasteiger partial charge < -0.3 is 9.47 Å². The fourth-order valence-electron chi connectivity index (χ4n) is 1.61. The van der Waals surface area contributed by atoms with Gasteiger partial charge in [0.15, 0.2) is 0 Å². The maximum absolute atomic E-state index is 5.71. The van der Waals surface area contributed by atoms with E-state index in [2.05, 4.69) is 16.9 Å².